The molecule has 0 spiro atoms. The summed E-state index contributed by atoms with van der Waals surface area (Å²) in [6, 6.07) is 5.76. The number of hydrogen-bond donors (Lipinski definition) is 0. The van der Waals surface area contributed by atoms with E-state index in [0.29, 0.717) is 6.61 Å². The molecule has 0 aliphatic rings. The zero-order chi connectivity index (χ0) is 13.8. The highest BCUT2D eigenvalue weighted by Crippen LogP contribution is 2.24. The van der Waals surface area contributed by atoms with Crippen molar-refractivity contribution in [3.63, 3.8) is 0 Å². The van der Waals surface area contributed by atoms with Crippen molar-refractivity contribution in [1.82, 2.24) is 9.78 Å². The van der Waals surface area contributed by atoms with Crippen LogP contribution in [0.2, 0.25) is 0 Å². The Hall–Kier alpha value is -1.94. The number of carbonyl (C=O) groups excluding carboxylic acids is 1. The maximum atomic E-state index is 11.3. The highest BCUT2D eigenvalue weighted by Gasteiger charge is 2.07. The monoisotopic (exact) mass is 258 g/mol. The van der Waals surface area contributed by atoms with Gasteiger partial charge in [0.2, 0.25) is 0 Å². The molecule has 1 heterocycles. The number of aryl methyl sites for hydroxylation is 1. The second-order valence-corrected chi connectivity index (χ2v) is 4.57. The van der Waals surface area contributed by atoms with Crippen molar-refractivity contribution in [2.24, 2.45) is 0 Å². The fourth-order valence-corrected chi connectivity index (χ4v) is 2.02. The quantitative estimate of drug-likeness (QED) is 0.774. The van der Waals surface area contributed by atoms with Crippen LogP contribution in [0.5, 0.6) is 0 Å². The fraction of sp³-hybridized carbons (Fsp3) is 0.333. The summed E-state index contributed by atoms with van der Waals surface area (Å²) in [5.41, 5.74) is 3.99. The predicted octanol–water partition coefficient (Wildman–Crippen LogP) is 2.71. The van der Waals surface area contributed by atoms with Crippen molar-refractivity contribution in [2.75, 3.05) is 13.7 Å². The Morgan fingerprint density at radius 3 is 2.84 bits per heavy atom. The van der Waals surface area contributed by atoms with Crippen LogP contribution in [0.4, 0.5) is 0 Å². The van der Waals surface area contributed by atoms with Gasteiger partial charge in [0.15, 0.2) is 5.78 Å². The number of ether oxygens (including phenoxy) is 1. The van der Waals surface area contributed by atoms with Crippen molar-refractivity contribution < 1.29 is 9.53 Å². The lowest BCUT2D eigenvalue weighted by atomic mass is 9.99. The van der Waals surface area contributed by atoms with Crippen LogP contribution >= 0.6 is 0 Å². The van der Waals surface area contributed by atoms with E-state index in [0.717, 1.165) is 28.8 Å². The van der Waals surface area contributed by atoms with E-state index in [1.54, 1.807) is 14.0 Å². The number of carbonyl (C=O) groups is 1. The van der Waals surface area contributed by atoms with Gasteiger partial charge in [-0.05, 0) is 31.0 Å². The molecule has 0 saturated heterocycles. The largest absolute Gasteiger partial charge is 0.383 e. The first-order valence-electron chi connectivity index (χ1n) is 6.25. The highest BCUT2D eigenvalue weighted by atomic mass is 16.5. The third kappa shape index (κ3) is 3.09. The third-order valence-electron chi connectivity index (χ3n) is 3.10. The highest BCUT2D eigenvalue weighted by molar-refractivity contribution is 5.94. The molecule has 0 bridgehead atoms. The van der Waals surface area contributed by atoms with E-state index in [1.165, 1.54) is 0 Å². The maximum absolute atomic E-state index is 11.3. The van der Waals surface area contributed by atoms with Crippen LogP contribution in [-0.4, -0.2) is 29.3 Å². The van der Waals surface area contributed by atoms with Crippen molar-refractivity contribution in [2.45, 2.75) is 20.4 Å². The Morgan fingerprint density at radius 2 is 2.21 bits per heavy atom. The number of aromatic nitrogens is 2. The van der Waals surface area contributed by atoms with Crippen molar-refractivity contribution >= 4 is 5.78 Å². The second kappa shape index (κ2) is 5.80. The van der Waals surface area contributed by atoms with Crippen LogP contribution in [0.25, 0.3) is 11.1 Å². The fourth-order valence-electron chi connectivity index (χ4n) is 2.02. The minimum Gasteiger partial charge on any atom is -0.383 e. The van der Waals surface area contributed by atoms with Gasteiger partial charge in [0.1, 0.15) is 0 Å². The summed E-state index contributed by atoms with van der Waals surface area (Å²) in [5, 5.41) is 4.30. The zero-order valence-corrected chi connectivity index (χ0v) is 11.5. The van der Waals surface area contributed by atoms with Crippen LogP contribution in [0.1, 0.15) is 22.8 Å². The molecule has 0 N–H and O–H groups in total. The molecule has 100 valence electrons. The molecule has 1 aromatic heterocycles. The molecule has 19 heavy (non-hydrogen) atoms. The number of hydrogen-bond acceptors (Lipinski definition) is 3. The molecular formula is C15H18N2O2. The standard InChI is InChI=1S/C15H18N2O2/c1-11-8-13(12(2)18)4-5-15(11)14-9-16-17(10-14)6-7-19-3/h4-5,8-10H,6-7H2,1-3H3. The van der Waals surface area contributed by atoms with Gasteiger partial charge in [-0.1, -0.05) is 12.1 Å². The Bertz CT molecular complexity index is 588. The first-order valence-corrected chi connectivity index (χ1v) is 6.25. The lowest BCUT2D eigenvalue weighted by Crippen LogP contribution is -2.03. The van der Waals surface area contributed by atoms with E-state index in [2.05, 4.69) is 5.10 Å². The summed E-state index contributed by atoms with van der Waals surface area (Å²) in [4.78, 5) is 11.3. The average Bonchev–Trinajstić information content (AvgIpc) is 2.84. The molecule has 1 aromatic carbocycles. The van der Waals surface area contributed by atoms with Crippen molar-refractivity contribution in [1.29, 1.82) is 0 Å². The number of rotatable bonds is 5. The van der Waals surface area contributed by atoms with E-state index in [-0.39, 0.29) is 5.78 Å². The third-order valence-corrected chi connectivity index (χ3v) is 3.10. The molecule has 4 nitrogen and oxygen atoms in total. The smallest absolute Gasteiger partial charge is 0.159 e. The van der Waals surface area contributed by atoms with E-state index < -0.39 is 0 Å². The average molecular weight is 258 g/mol. The first-order chi connectivity index (χ1) is 9.11. The van der Waals surface area contributed by atoms with E-state index in [4.69, 9.17) is 4.74 Å². The Labute approximate surface area is 113 Å². The number of methoxy groups -OCH3 is 1. The SMILES string of the molecule is COCCn1cc(-c2ccc(C(C)=O)cc2C)cn1. The number of benzene rings is 1. The van der Waals surface area contributed by atoms with Crippen molar-refractivity contribution in [3.05, 3.63) is 41.7 Å². The van der Waals surface area contributed by atoms with Gasteiger partial charge >= 0.3 is 0 Å². The second-order valence-electron chi connectivity index (χ2n) is 4.57. The van der Waals surface area contributed by atoms with Gasteiger partial charge in [0, 0.05) is 24.4 Å². The van der Waals surface area contributed by atoms with Gasteiger partial charge in [-0.15, -0.1) is 0 Å². The molecule has 0 saturated carbocycles. The number of nitrogens with zero attached hydrogens (tertiary/aromatic N) is 2. The summed E-state index contributed by atoms with van der Waals surface area (Å²) in [6.07, 6.45) is 3.83. The van der Waals surface area contributed by atoms with Gasteiger partial charge in [0.05, 0.1) is 19.3 Å². The number of Topliss-reactive ketones (excluding diaryl/α,β-unsaturated/α-hetero) is 1. The van der Waals surface area contributed by atoms with Gasteiger partial charge in [-0.25, -0.2) is 0 Å². The summed E-state index contributed by atoms with van der Waals surface area (Å²) in [7, 11) is 1.68. The van der Waals surface area contributed by atoms with Gasteiger partial charge < -0.3 is 4.74 Å². The molecule has 0 radical (unpaired) electrons. The molecule has 0 aliphatic carbocycles. The molecule has 0 amide bonds. The van der Waals surface area contributed by atoms with Crippen LogP contribution in [0, 0.1) is 6.92 Å². The van der Waals surface area contributed by atoms with Crippen LogP contribution in [0.3, 0.4) is 0 Å². The lowest BCUT2D eigenvalue weighted by molar-refractivity contribution is 0.101. The zero-order valence-electron chi connectivity index (χ0n) is 11.5. The van der Waals surface area contributed by atoms with Gasteiger partial charge in [-0.2, -0.15) is 5.10 Å². The molecule has 0 unspecified atom stereocenters. The minimum atomic E-state index is 0.0884. The molecule has 0 aliphatic heterocycles. The molecule has 2 aromatic rings. The minimum absolute atomic E-state index is 0.0884. The lowest BCUT2D eigenvalue weighted by Gasteiger charge is -2.05. The molecule has 4 heteroatoms. The van der Waals surface area contributed by atoms with Crippen LogP contribution < -0.4 is 0 Å². The molecule has 0 atom stereocenters. The van der Waals surface area contributed by atoms with Crippen molar-refractivity contribution in [3.8, 4) is 11.1 Å². The Kier molecular flexibility index (Phi) is 4.12. The topological polar surface area (TPSA) is 44.1 Å². The van der Waals surface area contributed by atoms with Crippen LogP contribution in [-0.2, 0) is 11.3 Å². The maximum Gasteiger partial charge on any atom is 0.159 e. The van der Waals surface area contributed by atoms with Crippen LogP contribution in [0.15, 0.2) is 30.6 Å². The predicted molar refractivity (Wildman–Crippen MR) is 74.3 cm³/mol. The Balaban J connectivity index is 2.26. The summed E-state index contributed by atoms with van der Waals surface area (Å²) >= 11 is 0. The van der Waals surface area contributed by atoms with E-state index in [1.807, 2.05) is 42.2 Å². The first kappa shape index (κ1) is 13.5. The molecule has 2 rings (SSSR count). The van der Waals surface area contributed by atoms with E-state index >= 15 is 0 Å². The molecule has 0 fully saturated rings. The van der Waals surface area contributed by atoms with Gasteiger partial charge in [-0.3, -0.25) is 9.48 Å². The normalized spacial score (nSPS) is 10.7. The Morgan fingerprint density at radius 1 is 1.42 bits per heavy atom. The summed E-state index contributed by atoms with van der Waals surface area (Å²) in [6.45, 7) is 4.97. The van der Waals surface area contributed by atoms with Gasteiger partial charge in [0.25, 0.3) is 0 Å². The summed E-state index contributed by atoms with van der Waals surface area (Å²) < 4.78 is 6.89. The summed E-state index contributed by atoms with van der Waals surface area (Å²) in [5.74, 6) is 0.0884. The van der Waals surface area contributed by atoms with E-state index in [9.17, 15) is 4.79 Å². The molecular weight excluding hydrogens is 240 g/mol. The number of ketones is 1.